The summed E-state index contributed by atoms with van der Waals surface area (Å²) in [6.07, 6.45) is 2.93. The number of piperidine rings is 1. The quantitative estimate of drug-likeness (QED) is 0.750. The van der Waals surface area contributed by atoms with Crippen molar-refractivity contribution in [2.45, 2.75) is 31.2 Å². The van der Waals surface area contributed by atoms with Crippen molar-refractivity contribution in [3.8, 4) is 0 Å². The van der Waals surface area contributed by atoms with Crippen LogP contribution in [0.3, 0.4) is 0 Å². The summed E-state index contributed by atoms with van der Waals surface area (Å²) in [5.74, 6) is 0.0481. The summed E-state index contributed by atoms with van der Waals surface area (Å²) in [4.78, 5) is 0. The van der Waals surface area contributed by atoms with Crippen LogP contribution in [-0.2, 0) is 10.2 Å². The number of likely N-dealkylation sites (N-methyl/N-ethyl adjacent to an activating group) is 1. The van der Waals surface area contributed by atoms with Crippen molar-refractivity contribution >= 4 is 21.8 Å². The molecule has 0 saturated carbocycles. The summed E-state index contributed by atoms with van der Waals surface area (Å²) < 4.78 is 30.5. The standard InChI is InChI=1S/C21H26ClN3O2S/c1-23-16-20(17-8-4-2-5-9-17)21(18-10-12-19(22)13-11-18)25(23)28(26,27)24-14-6-3-7-15-24/h2,4-5,8-13,20-21H,3,6-7,14-16H2,1H3. The van der Waals surface area contributed by atoms with Crippen LogP contribution in [0.25, 0.3) is 0 Å². The Balaban J connectivity index is 1.78. The third kappa shape index (κ3) is 3.72. The van der Waals surface area contributed by atoms with Gasteiger partial charge in [-0.25, -0.2) is 5.01 Å². The Morgan fingerprint density at radius 1 is 0.893 bits per heavy atom. The number of nitrogens with zero attached hydrogens (tertiary/aromatic N) is 3. The number of rotatable bonds is 4. The molecule has 0 amide bonds. The first-order valence-electron chi connectivity index (χ1n) is 9.79. The summed E-state index contributed by atoms with van der Waals surface area (Å²) in [6.45, 7) is 1.83. The van der Waals surface area contributed by atoms with Crippen LogP contribution >= 0.6 is 11.6 Å². The van der Waals surface area contributed by atoms with E-state index in [1.54, 1.807) is 8.72 Å². The van der Waals surface area contributed by atoms with Gasteiger partial charge in [-0.15, -0.1) is 4.41 Å². The second-order valence-corrected chi connectivity index (χ2v) is 9.82. The molecule has 0 aromatic heterocycles. The molecule has 2 unspecified atom stereocenters. The van der Waals surface area contributed by atoms with Gasteiger partial charge < -0.3 is 0 Å². The van der Waals surface area contributed by atoms with E-state index in [0.717, 1.165) is 30.4 Å². The van der Waals surface area contributed by atoms with Gasteiger partial charge in [0.2, 0.25) is 0 Å². The molecule has 0 N–H and O–H groups in total. The molecule has 2 saturated heterocycles. The molecule has 0 spiro atoms. The van der Waals surface area contributed by atoms with Gasteiger partial charge in [-0.05, 0) is 36.1 Å². The second kappa shape index (κ2) is 8.13. The zero-order valence-corrected chi connectivity index (χ0v) is 17.6. The van der Waals surface area contributed by atoms with Crippen molar-refractivity contribution in [2.24, 2.45) is 0 Å². The molecular weight excluding hydrogens is 394 g/mol. The first-order valence-corrected chi connectivity index (χ1v) is 11.6. The predicted octanol–water partition coefficient (Wildman–Crippen LogP) is 4.06. The maximum Gasteiger partial charge on any atom is 0.295 e. The van der Waals surface area contributed by atoms with E-state index < -0.39 is 10.2 Å². The van der Waals surface area contributed by atoms with Crippen molar-refractivity contribution in [3.05, 3.63) is 70.7 Å². The second-order valence-electron chi connectivity index (χ2n) is 7.59. The van der Waals surface area contributed by atoms with Crippen LogP contribution in [0.15, 0.2) is 54.6 Å². The van der Waals surface area contributed by atoms with E-state index in [1.807, 2.05) is 54.5 Å². The summed E-state index contributed by atoms with van der Waals surface area (Å²) in [5, 5.41) is 2.51. The normalized spacial score (nSPS) is 25.2. The van der Waals surface area contributed by atoms with Crippen LogP contribution in [0, 0.1) is 0 Å². The van der Waals surface area contributed by atoms with Gasteiger partial charge in [0, 0.05) is 37.6 Å². The van der Waals surface area contributed by atoms with E-state index >= 15 is 0 Å². The van der Waals surface area contributed by atoms with Crippen molar-refractivity contribution in [1.82, 2.24) is 13.7 Å². The number of hydrogen-bond donors (Lipinski definition) is 0. The molecule has 2 aliphatic heterocycles. The summed E-state index contributed by atoms with van der Waals surface area (Å²) in [7, 11) is -1.73. The molecule has 2 atom stereocenters. The Morgan fingerprint density at radius 2 is 1.54 bits per heavy atom. The van der Waals surface area contributed by atoms with E-state index in [-0.39, 0.29) is 12.0 Å². The Labute approximate surface area is 172 Å². The smallest absolute Gasteiger partial charge is 0.229 e. The fraction of sp³-hybridized carbons (Fsp3) is 0.429. The van der Waals surface area contributed by atoms with Crippen LogP contribution in [-0.4, -0.2) is 48.8 Å². The molecule has 28 heavy (non-hydrogen) atoms. The van der Waals surface area contributed by atoms with Gasteiger partial charge in [-0.3, -0.25) is 0 Å². The fourth-order valence-corrected chi connectivity index (χ4v) is 6.43. The lowest BCUT2D eigenvalue weighted by atomic mass is 9.89. The van der Waals surface area contributed by atoms with Crippen LogP contribution in [0.4, 0.5) is 0 Å². The molecule has 0 radical (unpaired) electrons. The minimum Gasteiger partial charge on any atom is -0.229 e. The largest absolute Gasteiger partial charge is 0.295 e. The Morgan fingerprint density at radius 3 is 2.18 bits per heavy atom. The van der Waals surface area contributed by atoms with Gasteiger partial charge >= 0.3 is 0 Å². The Kier molecular flexibility index (Phi) is 5.76. The molecule has 4 rings (SSSR count). The van der Waals surface area contributed by atoms with Gasteiger partial charge in [0.1, 0.15) is 0 Å². The molecule has 2 aliphatic rings. The van der Waals surface area contributed by atoms with Crippen molar-refractivity contribution in [3.63, 3.8) is 0 Å². The van der Waals surface area contributed by atoms with Crippen LogP contribution in [0.2, 0.25) is 5.02 Å². The number of hydrogen-bond acceptors (Lipinski definition) is 3. The number of hydrazine groups is 1. The summed E-state index contributed by atoms with van der Waals surface area (Å²) in [6, 6.07) is 17.4. The average molecular weight is 420 g/mol. The zero-order chi connectivity index (χ0) is 19.7. The van der Waals surface area contributed by atoms with Crippen molar-refractivity contribution in [1.29, 1.82) is 0 Å². The fourth-order valence-electron chi connectivity index (χ4n) is 4.37. The average Bonchev–Trinajstić information content (AvgIpc) is 3.08. The summed E-state index contributed by atoms with van der Waals surface area (Å²) in [5.41, 5.74) is 2.11. The van der Waals surface area contributed by atoms with Crippen molar-refractivity contribution < 1.29 is 8.42 Å². The molecular formula is C21H26ClN3O2S. The van der Waals surface area contributed by atoms with Crippen LogP contribution in [0.5, 0.6) is 0 Å². The van der Waals surface area contributed by atoms with E-state index in [2.05, 4.69) is 12.1 Å². The first-order chi connectivity index (χ1) is 13.5. The Hall–Kier alpha value is -1.44. The molecule has 2 fully saturated rings. The van der Waals surface area contributed by atoms with Crippen molar-refractivity contribution in [2.75, 3.05) is 26.7 Å². The van der Waals surface area contributed by atoms with E-state index in [1.165, 1.54) is 0 Å². The molecule has 2 aromatic carbocycles. The highest BCUT2D eigenvalue weighted by atomic mass is 35.5. The van der Waals surface area contributed by atoms with E-state index in [4.69, 9.17) is 11.6 Å². The zero-order valence-electron chi connectivity index (χ0n) is 16.0. The monoisotopic (exact) mass is 419 g/mol. The van der Waals surface area contributed by atoms with Gasteiger partial charge in [0.15, 0.2) is 0 Å². The highest BCUT2D eigenvalue weighted by Gasteiger charge is 2.48. The lowest BCUT2D eigenvalue weighted by molar-refractivity contribution is 0.111. The van der Waals surface area contributed by atoms with Gasteiger partial charge in [-0.2, -0.15) is 12.7 Å². The minimum absolute atomic E-state index is 0.0481. The molecule has 2 aromatic rings. The maximum absolute atomic E-state index is 13.6. The molecule has 0 bridgehead atoms. The molecule has 5 nitrogen and oxygen atoms in total. The van der Waals surface area contributed by atoms with E-state index in [9.17, 15) is 8.42 Å². The lowest BCUT2D eigenvalue weighted by Crippen LogP contribution is -2.50. The first kappa shape index (κ1) is 19.9. The highest BCUT2D eigenvalue weighted by molar-refractivity contribution is 7.86. The predicted molar refractivity (Wildman–Crippen MR) is 112 cm³/mol. The topological polar surface area (TPSA) is 43.9 Å². The molecule has 0 aliphatic carbocycles. The highest BCUT2D eigenvalue weighted by Crippen LogP contribution is 2.45. The maximum atomic E-state index is 13.6. The van der Waals surface area contributed by atoms with Crippen LogP contribution in [0.1, 0.15) is 42.3 Å². The van der Waals surface area contributed by atoms with Gasteiger partial charge in [-0.1, -0.05) is 60.5 Å². The molecule has 2 heterocycles. The third-order valence-corrected chi connectivity index (χ3v) is 7.98. The van der Waals surface area contributed by atoms with Crippen LogP contribution < -0.4 is 0 Å². The Bertz CT molecular complexity index is 899. The minimum atomic E-state index is -3.60. The van der Waals surface area contributed by atoms with Gasteiger partial charge in [0.25, 0.3) is 10.2 Å². The summed E-state index contributed by atoms with van der Waals surface area (Å²) >= 11 is 6.10. The molecule has 7 heteroatoms. The third-order valence-electron chi connectivity index (χ3n) is 5.73. The molecule has 150 valence electrons. The van der Waals surface area contributed by atoms with Gasteiger partial charge in [0.05, 0.1) is 6.04 Å². The lowest BCUT2D eigenvalue weighted by Gasteiger charge is -2.36. The number of benzene rings is 2. The number of halogens is 1. The SMILES string of the molecule is CN1CC(c2ccccc2)C(c2ccc(Cl)cc2)N1S(=O)(=O)N1CCCCC1. The van der Waals surface area contributed by atoms with E-state index in [0.29, 0.717) is 24.7 Å².